The van der Waals surface area contributed by atoms with Gasteiger partial charge < -0.3 is 18.8 Å². The van der Waals surface area contributed by atoms with Crippen LogP contribution in [0, 0.1) is 0 Å². The Bertz CT molecular complexity index is 1640. The lowest BCUT2D eigenvalue weighted by Gasteiger charge is -2.31. The van der Waals surface area contributed by atoms with Gasteiger partial charge in [-0.1, -0.05) is 76.2 Å². The van der Waals surface area contributed by atoms with Crippen molar-refractivity contribution in [3.63, 3.8) is 0 Å². The molecule has 0 saturated heterocycles. The lowest BCUT2D eigenvalue weighted by atomic mass is 10.1. The van der Waals surface area contributed by atoms with E-state index in [-0.39, 0.29) is 0 Å². The molecule has 0 atom stereocenters. The number of benzene rings is 2. The Morgan fingerprint density at radius 2 is 1.15 bits per heavy atom. The first-order chi connectivity index (χ1) is 26.5. The van der Waals surface area contributed by atoms with Crippen LogP contribution in [0.5, 0.6) is 0 Å². The van der Waals surface area contributed by atoms with Crippen LogP contribution >= 0.6 is 21.6 Å². The Hall–Kier alpha value is -3.56. The second kappa shape index (κ2) is 25.6. The van der Waals surface area contributed by atoms with Crippen molar-refractivity contribution >= 4 is 57.4 Å². The zero-order valence-corrected chi connectivity index (χ0v) is 37.0. The fraction of sp³-hybridized carbons (Fsp3) is 0.447. The SMILES string of the molecule is CC[NH+]=C\C=C/C=C/C=C/c1ccc(N(C)CCC[N+](C)(C)CCSSCCC[N+](C)(C)CCCN(C)c2ccc(/C=C/c3cccc[n+]3CC)cc2)cc1. The van der Waals surface area contributed by atoms with Crippen molar-refractivity contribution in [1.82, 2.24) is 0 Å². The minimum absolute atomic E-state index is 0.946. The van der Waals surface area contributed by atoms with Crippen LogP contribution in [0.15, 0.2) is 103 Å². The average molecular weight is 785 g/mol. The van der Waals surface area contributed by atoms with Crippen molar-refractivity contribution in [2.45, 2.75) is 39.7 Å². The van der Waals surface area contributed by atoms with E-state index in [0.717, 1.165) is 35.1 Å². The first-order valence-corrected chi connectivity index (χ1v) is 22.7. The van der Waals surface area contributed by atoms with Gasteiger partial charge in [0.25, 0.3) is 0 Å². The molecule has 3 rings (SSSR count). The second-order valence-electron chi connectivity index (χ2n) is 15.6. The minimum atomic E-state index is 0.946. The predicted molar refractivity (Wildman–Crippen MR) is 248 cm³/mol. The Morgan fingerprint density at radius 1 is 0.600 bits per heavy atom. The Kier molecular flexibility index (Phi) is 21.3. The second-order valence-corrected chi connectivity index (χ2v) is 18.3. The lowest BCUT2D eigenvalue weighted by Crippen LogP contribution is -2.67. The normalized spacial score (nSPS) is 12.7. The molecule has 1 aromatic heterocycles. The fourth-order valence-corrected chi connectivity index (χ4v) is 8.63. The molecule has 0 saturated carbocycles. The summed E-state index contributed by atoms with van der Waals surface area (Å²) in [6.07, 6.45) is 24.5. The van der Waals surface area contributed by atoms with Crippen molar-refractivity contribution in [1.29, 1.82) is 0 Å². The Labute approximate surface area is 343 Å². The summed E-state index contributed by atoms with van der Waals surface area (Å²) in [5, 5.41) is 0. The van der Waals surface area contributed by atoms with Crippen LogP contribution in [-0.2, 0) is 6.54 Å². The maximum Gasteiger partial charge on any atom is 0.205 e. The molecule has 0 aliphatic rings. The molecule has 6 nitrogen and oxygen atoms in total. The summed E-state index contributed by atoms with van der Waals surface area (Å²) in [7, 11) is 18.1. The average Bonchev–Trinajstić information content (AvgIpc) is 3.18. The van der Waals surface area contributed by atoms with Gasteiger partial charge >= 0.3 is 0 Å². The summed E-state index contributed by atoms with van der Waals surface area (Å²) < 4.78 is 4.42. The van der Waals surface area contributed by atoms with Crippen LogP contribution in [0.25, 0.3) is 18.2 Å². The van der Waals surface area contributed by atoms with Gasteiger partial charge in [0.05, 0.1) is 60.1 Å². The molecule has 0 aliphatic carbocycles. The fourth-order valence-electron chi connectivity index (χ4n) is 6.30. The molecule has 0 radical (unpaired) electrons. The molecule has 0 aliphatic heterocycles. The quantitative estimate of drug-likeness (QED) is 0.0225. The first kappa shape index (κ1) is 45.8. The van der Waals surface area contributed by atoms with E-state index >= 15 is 0 Å². The van der Waals surface area contributed by atoms with Crippen molar-refractivity contribution in [2.24, 2.45) is 0 Å². The first-order valence-electron chi connectivity index (χ1n) is 20.3. The van der Waals surface area contributed by atoms with E-state index < -0.39 is 0 Å². The molecule has 0 unspecified atom stereocenters. The van der Waals surface area contributed by atoms with Crippen LogP contribution in [0.2, 0.25) is 0 Å². The van der Waals surface area contributed by atoms with Crippen LogP contribution < -0.4 is 19.4 Å². The predicted octanol–water partition coefficient (Wildman–Crippen LogP) is 7.74. The zero-order chi connectivity index (χ0) is 39.8. The number of allylic oxidation sites excluding steroid dienone is 5. The molecule has 0 spiro atoms. The van der Waals surface area contributed by atoms with Gasteiger partial charge in [-0.3, -0.25) is 0 Å². The maximum atomic E-state index is 3.16. The van der Waals surface area contributed by atoms with Crippen molar-refractivity contribution in [3.05, 3.63) is 120 Å². The molecule has 1 N–H and O–H groups in total. The van der Waals surface area contributed by atoms with E-state index in [1.54, 1.807) is 0 Å². The van der Waals surface area contributed by atoms with E-state index in [0.29, 0.717) is 0 Å². The molecule has 55 heavy (non-hydrogen) atoms. The minimum Gasteiger partial charge on any atom is -0.374 e. The van der Waals surface area contributed by atoms with E-state index in [1.807, 2.05) is 24.4 Å². The van der Waals surface area contributed by atoms with Gasteiger partial charge in [-0.15, -0.1) is 0 Å². The van der Waals surface area contributed by atoms with E-state index in [9.17, 15) is 0 Å². The van der Waals surface area contributed by atoms with Gasteiger partial charge in [0, 0.05) is 87.9 Å². The highest BCUT2D eigenvalue weighted by atomic mass is 33.1. The highest BCUT2D eigenvalue weighted by molar-refractivity contribution is 8.76. The van der Waals surface area contributed by atoms with E-state index in [4.69, 9.17) is 0 Å². The van der Waals surface area contributed by atoms with Gasteiger partial charge in [0.1, 0.15) is 13.1 Å². The summed E-state index contributed by atoms with van der Waals surface area (Å²) in [6.45, 7) is 13.2. The number of rotatable bonds is 26. The molecule has 298 valence electrons. The summed E-state index contributed by atoms with van der Waals surface area (Å²) in [5.74, 6) is 2.43. The molecule has 8 heteroatoms. The molecular weight excluding hydrogens is 713 g/mol. The number of pyridine rings is 1. The molecule has 0 amide bonds. The van der Waals surface area contributed by atoms with Crippen LogP contribution in [0.3, 0.4) is 0 Å². The maximum absolute atomic E-state index is 3.16. The Balaban J connectivity index is 1.23. The monoisotopic (exact) mass is 785 g/mol. The highest BCUT2D eigenvalue weighted by Gasteiger charge is 2.17. The molecule has 1 heterocycles. The summed E-state index contributed by atoms with van der Waals surface area (Å²) >= 11 is 0. The molecular formula is C47H72N6S2+4. The van der Waals surface area contributed by atoms with Crippen LogP contribution in [-0.4, -0.2) is 115 Å². The number of aromatic nitrogens is 1. The van der Waals surface area contributed by atoms with Crippen molar-refractivity contribution < 1.29 is 18.5 Å². The number of nitrogens with one attached hydrogen (secondary N) is 1. The summed E-state index contributed by atoms with van der Waals surface area (Å²) in [5.41, 5.74) is 6.24. The third kappa shape index (κ3) is 19.2. The summed E-state index contributed by atoms with van der Waals surface area (Å²) in [6, 6.07) is 24.2. The third-order valence-electron chi connectivity index (χ3n) is 9.95. The van der Waals surface area contributed by atoms with Gasteiger partial charge in [0.2, 0.25) is 5.69 Å². The Morgan fingerprint density at radius 3 is 1.76 bits per heavy atom. The molecule has 0 fully saturated rings. The smallest absolute Gasteiger partial charge is 0.205 e. The topological polar surface area (TPSA) is 24.3 Å². The van der Waals surface area contributed by atoms with Gasteiger partial charge in [-0.25, -0.2) is 4.99 Å². The number of hydrogen-bond acceptors (Lipinski definition) is 4. The van der Waals surface area contributed by atoms with E-state index in [1.165, 1.54) is 85.1 Å². The summed E-state index contributed by atoms with van der Waals surface area (Å²) in [4.78, 5) is 7.94. The highest BCUT2D eigenvalue weighted by Crippen LogP contribution is 2.23. The number of quaternary nitrogens is 2. The largest absolute Gasteiger partial charge is 0.374 e. The van der Waals surface area contributed by atoms with Crippen molar-refractivity contribution in [2.75, 3.05) is 109 Å². The lowest BCUT2D eigenvalue weighted by molar-refractivity contribution is -0.890. The zero-order valence-electron chi connectivity index (χ0n) is 35.4. The number of aryl methyl sites for hydroxylation is 1. The van der Waals surface area contributed by atoms with Crippen LogP contribution in [0.4, 0.5) is 11.4 Å². The molecule has 2 aromatic carbocycles. The van der Waals surface area contributed by atoms with Gasteiger partial charge in [-0.2, -0.15) is 4.57 Å². The molecule has 3 aromatic rings. The number of hydrogen-bond donors (Lipinski definition) is 1. The van der Waals surface area contributed by atoms with Gasteiger partial charge in [-0.05, 0) is 61.4 Å². The number of nitrogens with zero attached hydrogens (tertiary/aromatic N) is 5. The number of anilines is 2. The third-order valence-corrected chi connectivity index (χ3v) is 12.4. The van der Waals surface area contributed by atoms with Crippen LogP contribution in [0.1, 0.15) is 49.9 Å². The molecule has 0 bridgehead atoms. The van der Waals surface area contributed by atoms with Crippen molar-refractivity contribution in [3.8, 4) is 0 Å². The van der Waals surface area contributed by atoms with Gasteiger partial charge in [0.15, 0.2) is 12.4 Å². The van der Waals surface area contributed by atoms with E-state index in [2.05, 4.69) is 200 Å². The standard InChI is InChI=1S/C47H71N6S2/c1-9-48-33-16-13-11-12-14-21-43-23-28-45(29-24-43)50(4)35-19-38-53(7,8)40-42-55-54-41-20-39-52(5,6)37-18-34-49(3)46-30-25-44(26-31-46)27-32-47-22-15-17-36-51(47)10-2/h11-17,21-33,36H,9-10,18-20,34-35,37-42H2,1-8H3/q+3/p+1/b12-11+,16-13-,21-14+,48-33?.